The lowest BCUT2D eigenvalue weighted by Gasteiger charge is -2.16. The molecule has 1 atom stereocenters. The Morgan fingerprint density at radius 2 is 2.06 bits per heavy atom. The molecule has 8 nitrogen and oxygen atoms in total. The summed E-state index contributed by atoms with van der Waals surface area (Å²) in [5, 5.41) is 3.15. The maximum Gasteiger partial charge on any atom is 0.278 e. The fourth-order valence-corrected chi connectivity index (χ4v) is 3.88. The normalized spacial score (nSPS) is 15.6. The predicted molar refractivity (Wildman–Crippen MR) is 122 cm³/mol. The van der Waals surface area contributed by atoms with Gasteiger partial charge in [0.2, 0.25) is 5.95 Å². The number of methoxy groups -OCH3 is 1. The molecule has 0 saturated carbocycles. The Labute approximate surface area is 189 Å². The highest BCUT2D eigenvalue weighted by Gasteiger charge is 2.21. The van der Waals surface area contributed by atoms with Crippen LogP contribution in [0.5, 0.6) is 5.75 Å². The number of ether oxygens (including phenoxy) is 2. The molecule has 1 saturated heterocycles. The van der Waals surface area contributed by atoms with Gasteiger partial charge in [0.25, 0.3) is 5.56 Å². The van der Waals surface area contributed by atoms with Crippen LogP contribution in [-0.2, 0) is 11.3 Å². The van der Waals surface area contributed by atoms with E-state index in [1.807, 2.05) is 24.3 Å². The summed E-state index contributed by atoms with van der Waals surface area (Å²) in [6.07, 6.45) is 3.30. The topological polar surface area (TPSA) is 91.2 Å². The van der Waals surface area contributed by atoms with E-state index in [4.69, 9.17) is 9.47 Å². The summed E-state index contributed by atoms with van der Waals surface area (Å²) in [6, 6.07) is 13.1. The van der Waals surface area contributed by atoms with E-state index in [9.17, 15) is 9.18 Å². The van der Waals surface area contributed by atoms with E-state index < -0.39 is 0 Å². The van der Waals surface area contributed by atoms with E-state index >= 15 is 0 Å². The van der Waals surface area contributed by atoms with Crippen LogP contribution in [-0.4, -0.2) is 39.3 Å². The first-order valence-electron chi connectivity index (χ1n) is 10.7. The Balaban J connectivity index is 1.60. The van der Waals surface area contributed by atoms with Crippen LogP contribution in [0.25, 0.3) is 22.4 Å². The summed E-state index contributed by atoms with van der Waals surface area (Å²) < 4.78 is 26.0. The number of halogens is 1. The molecule has 0 amide bonds. The molecule has 0 unspecified atom stereocenters. The lowest BCUT2D eigenvalue weighted by molar-refractivity contribution is 0.0971. The van der Waals surface area contributed by atoms with Gasteiger partial charge < -0.3 is 14.8 Å². The summed E-state index contributed by atoms with van der Waals surface area (Å²) >= 11 is 0. The number of fused-ring (bicyclic) bond motifs is 1. The van der Waals surface area contributed by atoms with Gasteiger partial charge >= 0.3 is 0 Å². The molecule has 9 heteroatoms. The Kier molecular flexibility index (Phi) is 5.70. The van der Waals surface area contributed by atoms with Gasteiger partial charge in [-0.15, -0.1) is 0 Å². The average Bonchev–Trinajstić information content (AvgIpc) is 3.35. The summed E-state index contributed by atoms with van der Waals surface area (Å²) in [6.45, 7) is 1.02. The third kappa shape index (κ3) is 4.40. The highest BCUT2D eigenvalue weighted by Crippen LogP contribution is 2.23. The van der Waals surface area contributed by atoms with E-state index in [1.54, 1.807) is 30.0 Å². The Hall–Kier alpha value is -3.85. The van der Waals surface area contributed by atoms with E-state index in [2.05, 4.69) is 20.3 Å². The third-order valence-electron chi connectivity index (χ3n) is 5.54. The van der Waals surface area contributed by atoms with Crippen LogP contribution in [0, 0.1) is 5.82 Å². The first kappa shape index (κ1) is 21.0. The first-order chi connectivity index (χ1) is 16.1. The minimum Gasteiger partial charge on any atom is -0.497 e. The second-order valence-corrected chi connectivity index (χ2v) is 7.78. The molecule has 2 aromatic heterocycles. The second kappa shape index (κ2) is 8.95. The summed E-state index contributed by atoms with van der Waals surface area (Å²) in [5.74, 6) is 0.644. The zero-order valence-electron chi connectivity index (χ0n) is 18.0. The number of aromatic nitrogens is 4. The van der Waals surface area contributed by atoms with Crippen molar-refractivity contribution in [3.8, 4) is 17.0 Å². The predicted octanol–water partition coefficient (Wildman–Crippen LogP) is 3.92. The number of rotatable bonds is 6. The van der Waals surface area contributed by atoms with Crippen LogP contribution in [0.4, 0.5) is 16.0 Å². The van der Waals surface area contributed by atoms with Crippen LogP contribution in [0.2, 0.25) is 0 Å². The van der Waals surface area contributed by atoms with E-state index in [0.717, 1.165) is 18.5 Å². The van der Waals surface area contributed by atoms with E-state index in [0.29, 0.717) is 41.6 Å². The largest absolute Gasteiger partial charge is 0.497 e. The Morgan fingerprint density at radius 3 is 2.82 bits per heavy atom. The lowest BCUT2D eigenvalue weighted by atomic mass is 10.1. The van der Waals surface area contributed by atoms with Crippen molar-refractivity contribution in [3.63, 3.8) is 0 Å². The van der Waals surface area contributed by atoms with Crippen LogP contribution in [0.3, 0.4) is 0 Å². The van der Waals surface area contributed by atoms with E-state index in [-0.39, 0.29) is 23.2 Å². The molecule has 33 heavy (non-hydrogen) atoms. The van der Waals surface area contributed by atoms with Gasteiger partial charge in [-0.1, -0.05) is 6.07 Å². The van der Waals surface area contributed by atoms with Gasteiger partial charge in [0.15, 0.2) is 5.65 Å². The Bertz CT molecular complexity index is 1350. The van der Waals surface area contributed by atoms with Crippen molar-refractivity contribution >= 4 is 22.8 Å². The van der Waals surface area contributed by atoms with Crippen molar-refractivity contribution in [1.29, 1.82) is 0 Å². The molecule has 0 aliphatic carbocycles. The monoisotopic (exact) mass is 447 g/mol. The summed E-state index contributed by atoms with van der Waals surface area (Å²) in [5.41, 5.74) is 2.05. The van der Waals surface area contributed by atoms with Crippen molar-refractivity contribution in [3.05, 3.63) is 70.9 Å². The van der Waals surface area contributed by atoms with Crippen LogP contribution in [0.15, 0.2) is 59.5 Å². The SMILES string of the molecule is COc1cccc(Nc2ncc3nc(-c4ccc(F)cc4)c(=O)n(C[C@H]4CCCO4)c3n2)c1. The van der Waals surface area contributed by atoms with Gasteiger partial charge in [0, 0.05) is 23.9 Å². The molecule has 1 N–H and O–H groups in total. The molecule has 4 aromatic rings. The number of nitrogens with zero attached hydrogens (tertiary/aromatic N) is 4. The number of hydrogen-bond acceptors (Lipinski definition) is 7. The molecule has 1 fully saturated rings. The fourth-order valence-electron chi connectivity index (χ4n) is 3.88. The number of benzene rings is 2. The molecule has 0 radical (unpaired) electrons. The van der Waals surface area contributed by atoms with E-state index in [1.165, 1.54) is 12.1 Å². The summed E-state index contributed by atoms with van der Waals surface area (Å²) in [4.78, 5) is 27.0. The smallest absolute Gasteiger partial charge is 0.278 e. The molecule has 0 spiro atoms. The van der Waals surface area contributed by atoms with Gasteiger partial charge in [0.1, 0.15) is 22.8 Å². The second-order valence-electron chi connectivity index (χ2n) is 7.78. The first-order valence-corrected chi connectivity index (χ1v) is 10.7. The zero-order valence-corrected chi connectivity index (χ0v) is 18.0. The minimum atomic E-state index is -0.379. The van der Waals surface area contributed by atoms with Crippen molar-refractivity contribution in [2.24, 2.45) is 0 Å². The van der Waals surface area contributed by atoms with Crippen molar-refractivity contribution < 1.29 is 13.9 Å². The molecule has 5 rings (SSSR count). The van der Waals surface area contributed by atoms with Gasteiger partial charge in [-0.25, -0.2) is 14.4 Å². The minimum absolute atomic E-state index is 0.0841. The molecular weight excluding hydrogens is 425 g/mol. The average molecular weight is 447 g/mol. The van der Waals surface area contributed by atoms with Gasteiger partial charge in [-0.05, 0) is 49.2 Å². The zero-order chi connectivity index (χ0) is 22.8. The molecule has 1 aliphatic rings. The van der Waals surface area contributed by atoms with Gasteiger partial charge in [-0.3, -0.25) is 9.36 Å². The molecular formula is C24H22FN5O3. The van der Waals surface area contributed by atoms with Gasteiger partial charge in [0.05, 0.1) is 26.0 Å². The Morgan fingerprint density at radius 1 is 1.21 bits per heavy atom. The fraction of sp³-hybridized carbons (Fsp3) is 0.250. The van der Waals surface area contributed by atoms with Crippen LogP contribution >= 0.6 is 0 Å². The molecule has 1 aliphatic heterocycles. The maximum absolute atomic E-state index is 13.5. The summed E-state index contributed by atoms with van der Waals surface area (Å²) in [7, 11) is 1.60. The standard InChI is InChI=1S/C24H22FN5O3/c1-32-18-5-2-4-17(12-18)27-24-26-13-20-22(29-24)30(14-19-6-3-11-33-19)23(31)21(28-20)15-7-9-16(25)10-8-15/h2,4-5,7-10,12-13,19H,3,6,11,14H2,1H3,(H,26,27,29)/t19-/m1/s1. The maximum atomic E-state index is 13.5. The molecule has 168 valence electrons. The number of anilines is 2. The van der Waals surface area contributed by atoms with Crippen molar-refractivity contribution in [2.75, 3.05) is 19.0 Å². The highest BCUT2D eigenvalue weighted by atomic mass is 19.1. The van der Waals surface area contributed by atoms with Crippen LogP contribution in [0.1, 0.15) is 12.8 Å². The lowest BCUT2D eigenvalue weighted by Crippen LogP contribution is -2.29. The van der Waals surface area contributed by atoms with Crippen LogP contribution < -0.4 is 15.6 Å². The molecule has 3 heterocycles. The van der Waals surface area contributed by atoms with Crippen molar-refractivity contribution in [1.82, 2.24) is 19.5 Å². The number of hydrogen-bond donors (Lipinski definition) is 1. The molecule has 0 bridgehead atoms. The third-order valence-corrected chi connectivity index (χ3v) is 5.54. The van der Waals surface area contributed by atoms with Gasteiger partial charge in [-0.2, -0.15) is 4.98 Å². The van der Waals surface area contributed by atoms with Crippen molar-refractivity contribution in [2.45, 2.75) is 25.5 Å². The highest BCUT2D eigenvalue weighted by molar-refractivity contribution is 5.75. The number of nitrogens with one attached hydrogen (secondary N) is 1. The molecule has 2 aromatic carbocycles. The quantitative estimate of drug-likeness (QED) is 0.479.